The van der Waals surface area contributed by atoms with Gasteiger partial charge in [0, 0.05) is 6.20 Å². The summed E-state index contributed by atoms with van der Waals surface area (Å²) in [5.74, 6) is 1.84. The number of aryl methyl sites for hydroxylation is 1. The highest BCUT2D eigenvalue weighted by molar-refractivity contribution is 5.48. The molecule has 1 aromatic heterocycles. The van der Waals surface area contributed by atoms with Gasteiger partial charge in [-0.2, -0.15) is 0 Å². The first-order valence-electron chi connectivity index (χ1n) is 6.08. The number of aliphatic hydroxyl groups excluding tert-OH is 1. The monoisotopic (exact) mass is 259 g/mol. The highest BCUT2D eigenvalue weighted by Crippen LogP contribution is 2.36. The quantitative estimate of drug-likeness (QED) is 0.915. The maximum Gasteiger partial charge on any atom is 0.148 e. The molecule has 1 aromatic carbocycles. The molecular formula is C15H17NO3. The average molecular weight is 259 g/mol. The highest BCUT2D eigenvalue weighted by atomic mass is 16.5. The molecule has 0 saturated carbocycles. The van der Waals surface area contributed by atoms with Crippen molar-refractivity contribution in [1.29, 1.82) is 0 Å². The fraction of sp³-hybridized carbons (Fsp3) is 0.267. The molecule has 4 heteroatoms. The molecule has 0 bridgehead atoms. The third-order valence-corrected chi connectivity index (χ3v) is 2.84. The van der Waals surface area contributed by atoms with Crippen molar-refractivity contribution in [2.45, 2.75) is 20.0 Å². The van der Waals surface area contributed by atoms with E-state index < -0.39 is 6.10 Å². The molecule has 0 fully saturated rings. The summed E-state index contributed by atoms with van der Waals surface area (Å²) in [4.78, 5) is 4.17. The van der Waals surface area contributed by atoms with Crippen molar-refractivity contribution < 1.29 is 14.6 Å². The zero-order chi connectivity index (χ0) is 13.8. The second-order valence-electron chi connectivity index (χ2n) is 4.24. The predicted octanol–water partition coefficient (Wildman–Crippen LogP) is 3.24. The Morgan fingerprint density at radius 2 is 1.79 bits per heavy atom. The van der Waals surface area contributed by atoms with E-state index in [1.54, 1.807) is 32.4 Å². The smallest absolute Gasteiger partial charge is 0.148 e. The molecule has 1 atom stereocenters. The van der Waals surface area contributed by atoms with Crippen LogP contribution >= 0.6 is 0 Å². The fourth-order valence-corrected chi connectivity index (χ4v) is 1.90. The number of rotatable bonds is 4. The van der Waals surface area contributed by atoms with Gasteiger partial charge in [-0.15, -0.1) is 0 Å². The Kier molecular flexibility index (Phi) is 4.02. The third kappa shape index (κ3) is 2.85. The largest absolute Gasteiger partial charge is 0.496 e. The maximum absolute atomic E-state index is 9.89. The summed E-state index contributed by atoms with van der Waals surface area (Å²) in [6, 6.07) is 9.08. The van der Waals surface area contributed by atoms with E-state index >= 15 is 0 Å². The van der Waals surface area contributed by atoms with Crippen LogP contribution in [0.3, 0.4) is 0 Å². The fourth-order valence-electron chi connectivity index (χ4n) is 1.90. The number of ether oxygens (including phenoxy) is 2. The van der Waals surface area contributed by atoms with Gasteiger partial charge in [-0.3, -0.25) is 4.98 Å². The van der Waals surface area contributed by atoms with Gasteiger partial charge in [0.1, 0.15) is 17.2 Å². The first kappa shape index (κ1) is 13.4. The summed E-state index contributed by atoms with van der Waals surface area (Å²) < 4.78 is 11.1. The molecule has 0 unspecified atom stereocenters. The van der Waals surface area contributed by atoms with Gasteiger partial charge in [0.25, 0.3) is 0 Å². The molecule has 0 amide bonds. The number of aliphatic hydroxyl groups is 1. The standard InChI is InChI=1S/C15H17NO3/c1-10-12(8-5-9-16-10)19-14-7-4-6-13(18-3)15(14)11(2)17/h4-9,11,17H,1-3H3/t11-/m0/s1. The average Bonchev–Trinajstić information content (AvgIpc) is 2.40. The molecule has 0 saturated heterocycles. The Bertz CT molecular complexity index is 567. The SMILES string of the molecule is COc1cccc(Oc2cccnc2C)c1[C@H](C)O. The molecule has 0 spiro atoms. The highest BCUT2D eigenvalue weighted by Gasteiger charge is 2.16. The van der Waals surface area contributed by atoms with E-state index in [-0.39, 0.29) is 0 Å². The summed E-state index contributed by atoms with van der Waals surface area (Å²) >= 11 is 0. The van der Waals surface area contributed by atoms with E-state index in [1.807, 2.05) is 25.1 Å². The molecule has 4 nitrogen and oxygen atoms in total. The minimum absolute atomic E-state index is 0.574. The van der Waals surface area contributed by atoms with Crippen molar-refractivity contribution in [3.8, 4) is 17.2 Å². The van der Waals surface area contributed by atoms with Crippen LogP contribution in [0, 0.1) is 6.92 Å². The Balaban J connectivity index is 2.43. The van der Waals surface area contributed by atoms with Gasteiger partial charge in [0.05, 0.1) is 24.5 Å². The van der Waals surface area contributed by atoms with Crippen molar-refractivity contribution in [1.82, 2.24) is 4.98 Å². The van der Waals surface area contributed by atoms with Crippen LogP contribution in [0.5, 0.6) is 17.2 Å². The number of methoxy groups -OCH3 is 1. The van der Waals surface area contributed by atoms with Gasteiger partial charge in [-0.05, 0) is 38.1 Å². The number of benzene rings is 1. The lowest BCUT2D eigenvalue weighted by Gasteiger charge is -2.17. The van der Waals surface area contributed by atoms with Crippen LogP contribution in [0.4, 0.5) is 0 Å². The molecule has 0 aliphatic heterocycles. The van der Waals surface area contributed by atoms with Crippen LogP contribution in [0.1, 0.15) is 24.3 Å². The molecule has 1 N–H and O–H groups in total. The predicted molar refractivity (Wildman–Crippen MR) is 72.7 cm³/mol. The molecular weight excluding hydrogens is 242 g/mol. The lowest BCUT2D eigenvalue weighted by atomic mass is 10.1. The van der Waals surface area contributed by atoms with E-state index in [0.717, 1.165) is 5.69 Å². The third-order valence-electron chi connectivity index (χ3n) is 2.84. The van der Waals surface area contributed by atoms with Gasteiger partial charge < -0.3 is 14.6 Å². The minimum Gasteiger partial charge on any atom is -0.496 e. The van der Waals surface area contributed by atoms with Crippen molar-refractivity contribution >= 4 is 0 Å². The number of hydrogen-bond donors (Lipinski definition) is 1. The topological polar surface area (TPSA) is 51.6 Å². The van der Waals surface area contributed by atoms with Gasteiger partial charge in [-0.25, -0.2) is 0 Å². The summed E-state index contributed by atoms with van der Waals surface area (Å²) in [5.41, 5.74) is 1.43. The summed E-state index contributed by atoms with van der Waals surface area (Å²) in [6.45, 7) is 3.55. The molecule has 100 valence electrons. The number of aromatic nitrogens is 1. The molecule has 0 aliphatic carbocycles. The summed E-state index contributed by atoms with van der Waals surface area (Å²) in [7, 11) is 1.57. The molecule has 0 radical (unpaired) electrons. The van der Waals surface area contributed by atoms with E-state index in [9.17, 15) is 5.11 Å². The zero-order valence-electron chi connectivity index (χ0n) is 11.3. The van der Waals surface area contributed by atoms with E-state index in [4.69, 9.17) is 9.47 Å². The second kappa shape index (κ2) is 5.71. The van der Waals surface area contributed by atoms with Crippen LogP contribution in [-0.4, -0.2) is 17.2 Å². The van der Waals surface area contributed by atoms with Gasteiger partial charge in [-0.1, -0.05) is 6.07 Å². The van der Waals surface area contributed by atoms with E-state index in [2.05, 4.69) is 4.98 Å². The Morgan fingerprint density at radius 1 is 1.11 bits per heavy atom. The zero-order valence-corrected chi connectivity index (χ0v) is 11.3. The normalized spacial score (nSPS) is 12.0. The number of nitrogens with zero attached hydrogens (tertiary/aromatic N) is 1. The molecule has 2 rings (SSSR count). The van der Waals surface area contributed by atoms with Crippen molar-refractivity contribution in [2.75, 3.05) is 7.11 Å². The Labute approximate surface area is 112 Å². The first-order chi connectivity index (χ1) is 9.13. The van der Waals surface area contributed by atoms with E-state index in [1.165, 1.54) is 0 Å². The van der Waals surface area contributed by atoms with Gasteiger partial charge in [0.15, 0.2) is 0 Å². The van der Waals surface area contributed by atoms with Gasteiger partial charge in [0.2, 0.25) is 0 Å². The molecule has 1 heterocycles. The van der Waals surface area contributed by atoms with Crippen molar-refractivity contribution in [2.24, 2.45) is 0 Å². The van der Waals surface area contributed by atoms with Crippen LogP contribution in [-0.2, 0) is 0 Å². The second-order valence-corrected chi connectivity index (χ2v) is 4.24. The Hall–Kier alpha value is -2.07. The summed E-state index contributed by atoms with van der Waals surface area (Å²) in [6.07, 6.45) is 1.03. The number of hydrogen-bond acceptors (Lipinski definition) is 4. The maximum atomic E-state index is 9.89. The summed E-state index contributed by atoms with van der Waals surface area (Å²) in [5, 5.41) is 9.89. The molecule has 2 aromatic rings. The first-order valence-corrected chi connectivity index (χ1v) is 6.08. The van der Waals surface area contributed by atoms with E-state index in [0.29, 0.717) is 22.8 Å². The lowest BCUT2D eigenvalue weighted by molar-refractivity contribution is 0.190. The molecule has 19 heavy (non-hydrogen) atoms. The van der Waals surface area contributed by atoms with Gasteiger partial charge >= 0.3 is 0 Å². The van der Waals surface area contributed by atoms with Crippen molar-refractivity contribution in [3.63, 3.8) is 0 Å². The van der Waals surface area contributed by atoms with Crippen LogP contribution < -0.4 is 9.47 Å². The van der Waals surface area contributed by atoms with Crippen LogP contribution in [0.2, 0.25) is 0 Å². The minimum atomic E-state index is -0.678. The van der Waals surface area contributed by atoms with Crippen molar-refractivity contribution in [3.05, 3.63) is 47.8 Å². The lowest BCUT2D eigenvalue weighted by Crippen LogP contribution is -2.00. The number of pyridine rings is 1. The molecule has 0 aliphatic rings. The van der Waals surface area contributed by atoms with Crippen LogP contribution in [0.15, 0.2) is 36.5 Å². The van der Waals surface area contributed by atoms with Crippen LogP contribution in [0.25, 0.3) is 0 Å². The Morgan fingerprint density at radius 3 is 2.42 bits per heavy atom.